The summed E-state index contributed by atoms with van der Waals surface area (Å²) in [4.78, 5) is 10.7. The molecule has 19 nitrogen and oxygen atoms in total. The van der Waals surface area contributed by atoms with Crippen molar-refractivity contribution in [3.05, 3.63) is 48.6 Å². The van der Waals surface area contributed by atoms with Gasteiger partial charge < -0.3 is 46.7 Å². The zero-order chi connectivity index (χ0) is 29.9. The third-order valence-corrected chi connectivity index (χ3v) is 3.30. The van der Waals surface area contributed by atoms with Crippen molar-refractivity contribution < 1.29 is 71.6 Å². The molecule has 0 saturated carbocycles. The van der Waals surface area contributed by atoms with Gasteiger partial charge in [0, 0.05) is 7.11 Å². The van der Waals surface area contributed by atoms with Gasteiger partial charge in [-0.3, -0.25) is 13.9 Å². The number of carbonyl (C=O) groups excluding carboxylic acids is 1. The number of quaternary nitrogens is 3. The third kappa shape index (κ3) is 42.1. The van der Waals surface area contributed by atoms with Crippen LogP contribution in [0.1, 0.15) is 13.8 Å². The molecule has 0 unspecified atom stereocenters. The van der Waals surface area contributed by atoms with Crippen LogP contribution in [0, 0.1) is 11.8 Å². The van der Waals surface area contributed by atoms with Crippen molar-refractivity contribution in [2.24, 2.45) is 0 Å². The normalized spacial score (nSPS) is 12.3. The second kappa shape index (κ2) is 23.8. The molecule has 0 fully saturated rings. The van der Waals surface area contributed by atoms with E-state index in [-0.39, 0.29) is 30.0 Å². The number of aromatic hydroxyl groups is 1. The maximum atomic E-state index is 10.7. The molecule has 1 aliphatic rings. The monoisotopic (exact) mass is 645 g/mol. The Bertz CT molecular complexity index is 1200. The Kier molecular flexibility index (Phi) is 29.7. The van der Waals surface area contributed by atoms with Gasteiger partial charge in [-0.15, -0.1) is 11.8 Å². The maximum absolute atomic E-state index is 10.7. The number of rotatable bonds is 4. The van der Waals surface area contributed by atoms with Crippen molar-refractivity contribution in [2.75, 3.05) is 14.2 Å². The Balaban J connectivity index is -0.0000000970. The zero-order valence-corrected chi connectivity index (χ0v) is 24.9. The van der Waals surface area contributed by atoms with E-state index in [0.717, 1.165) is 37.2 Å². The fraction of sp³-hybridized carbons (Fsp3) is 0.278. The molecule has 0 aromatic heterocycles. The van der Waals surface area contributed by atoms with E-state index in [2.05, 4.69) is 20.8 Å². The first kappa shape index (κ1) is 49.9. The van der Waals surface area contributed by atoms with Crippen molar-refractivity contribution in [1.82, 2.24) is 18.5 Å². The van der Waals surface area contributed by atoms with Crippen LogP contribution in [0.2, 0.25) is 0 Å². The lowest BCUT2D eigenvalue weighted by atomic mass is 10.1. The number of phenolic OH excluding ortho intramolecular Hbond substituents is 1. The highest BCUT2D eigenvalue weighted by Gasteiger charge is 2.30. The Morgan fingerprint density at radius 2 is 1.10 bits per heavy atom. The fourth-order valence-electron chi connectivity index (χ4n) is 1.48. The average Bonchev–Trinajstić information content (AvgIpc) is 2.73. The molecule has 1 aromatic rings. The molecule has 0 heterocycles. The molecule has 0 amide bonds. The highest BCUT2D eigenvalue weighted by molar-refractivity contribution is 7.81. The van der Waals surface area contributed by atoms with Gasteiger partial charge >= 0.3 is 0 Å². The summed E-state index contributed by atoms with van der Waals surface area (Å²) in [7, 11) is -12.0. The van der Waals surface area contributed by atoms with Crippen LogP contribution in [0.15, 0.2) is 48.6 Å². The summed E-state index contributed by atoms with van der Waals surface area (Å²) in [6, 6.07) is 6.57. The first-order chi connectivity index (χ1) is 16.6. The van der Waals surface area contributed by atoms with Crippen LogP contribution in [0.25, 0.3) is 0 Å². The molecule has 0 radical (unpaired) electrons. The van der Waals surface area contributed by atoms with E-state index in [1.165, 1.54) is 0 Å². The molecule has 1 aliphatic carbocycles. The van der Waals surface area contributed by atoms with Gasteiger partial charge in [0.2, 0.25) is 37.0 Å². The van der Waals surface area contributed by atoms with E-state index >= 15 is 0 Å². The van der Waals surface area contributed by atoms with Gasteiger partial charge in [0.05, 0.1) is 7.11 Å². The van der Waals surface area contributed by atoms with Crippen LogP contribution in [0.5, 0.6) is 11.5 Å². The van der Waals surface area contributed by atoms with Crippen molar-refractivity contribution in [3.63, 3.8) is 0 Å². The van der Waals surface area contributed by atoms with Crippen molar-refractivity contribution >= 4 is 37.0 Å². The molecule has 236 valence electrons. The Hall–Kier alpha value is -3.02. The van der Waals surface area contributed by atoms with E-state index in [0.29, 0.717) is 0 Å². The third-order valence-electron chi connectivity index (χ3n) is 2.83. The summed E-state index contributed by atoms with van der Waals surface area (Å²) >= 11 is 0. The van der Waals surface area contributed by atoms with Crippen LogP contribution in [0.3, 0.4) is 0 Å². The zero-order valence-electron chi connectivity index (χ0n) is 22.5. The highest BCUT2D eigenvalue weighted by Crippen LogP contribution is 2.21. The fourth-order valence-corrected chi connectivity index (χ4v) is 1.97. The van der Waals surface area contributed by atoms with E-state index in [9.17, 15) is 17.8 Å². The smallest absolute Gasteiger partial charge is 0.225 e. The van der Waals surface area contributed by atoms with E-state index < -0.39 is 37.0 Å². The van der Waals surface area contributed by atoms with E-state index in [4.69, 9.17) is 44.9 Å². The second-order valence-electron chi connectivity index (χ2n) is 5.54. The number of carbonyl (C=O) groups is 1. The number of phenols is 1. The van der Waals surface area contributed by atoms with Gasteiger partial charge in [-0.1, -0.05) is 0 Å². The van der Waals surface area contributed by atoms with Gasteiger partial charge in [0.15, 0.2) is 5.78 Å². The molecule has 0 aliphatic heterocycles. The number of hydrogen-bond acceptors (Lipinski definition) is 14. The first-order valence-corrected chi connectivity index (χ1v) is 12.8. The summed E-state index contributed by atoms with van der Waals surface area (Å²) in [6.45, 7) is 3.64. The van der Waals surface area contributed by atoms with Crippen LogP contribution >= 0.6 is 0 Å². The standard InChI is InChI=1S/C7H8O6S.C7H8O2.C4H6.3H3N.2H2O4S/c1-12-7(13-14(9,10)11)4-2-6(8)3-5-7;1-9-7-4-2-6(8)3-5-7;1-3-4-2;;;;2*1-5(2,3)4/h2-5H,1H3,(H,9,10,11);2-5,8H,1H3;1-2H3;3*1H3;2*(H2,1,2,3,4). The van der Waals surface area contributed by atoms with Crippen LogP contribution < -0.4 is 23.2 Å². The lowest BCUT2D eigenvalue weighted by molar-refractivity contribution is -0.113. The summed E-state index contributed by atoms with van der Waals surface area (Å²) < 4.78 is 110. The molecule has 0 saturated heterocycles. The second-order valence-corrected chi connectivity index (χ2v) is 8.23. The molecular formula is C18H35N3O16S3. The SMILES string of the molecule is CC#CC.COC1(OS(=O)(=O)[O-])C=CC(=O)C=C1.COc1ccc(O)cc1.O=S(=O)([O-])O.O=S(=O)([O-])O.[NH4+].[NH4+].[NH4+]. The quantitative estimate of drug-likeness (QED) is 0.115. The summed E-state index contributed by atoms with van der Waals surface area (Å²) in [5.41, 5.74) is 0. The Labute approximate surface area is 232 Å². The predicted molar refractivity (Wildman–Crippen MR) is 140 cm³/mol. The minimum absolute atomic E-state index is 0. The van der Waals surface area contributed by atoms with Crippen molar-refractivity contribution in [1.29, 1.82) is 0 Å². The lowest BCUT2D eigenvalue weighted by Gasteiger charge is -2.27. The maximum Gasteiger partial charge on any atom is 0.225 e. The number of ketones is 1. The molecule has 2 rings (SSSR count). The van der Waals surface area contributed by atoms with E-state index in [1.807, 2.05) is 13.8 Å². The summed E-state index contributed by atoms with van der Waals surface area (Å²) in [5, 5.41) is 8.80. The number of methoxy groups -OCH3 is 2. The lowest BCUT2D eigenvalue weighted by Crippen LogP contribution is -2.34. The molecule has 22 heteroatoms. The predicted octanol–water partition coefficient (Wildman–Crippen LogP) is 1.07. The van der Waals surface area contributed by atoms with Gasteiger partial charge in [-0.2, -0.15) is 0 Å². The molecule has 0 spiro atoms. The van der Waals surface area contributed by atoms with Crippen LogP contribution in [-0.4, -0.2) is 78.9 Å². The van der Waals surface area contributed by atoms with Crippen LogP contribution in [-0.2, 0) is 44.9 Å². The van der Waals surface area contributed by atoms with Crippen molar-refractivity contribution in [3.8, 4) is 23.3 Å². The average molecular weight is 646 g/mol. The topological polar surface area (TPSA) is 387 Å². The summed E-state index contributed by atoms with van der Waals surface area (Å²) in [6.07, 6.45) is 4.19. The van der Waals surface area contributed by atoms with Gasteiger partial charge in [-0.05, 0) is 62.4 Å². The Morgan fingerprint density at radius 1 is 0.775 bits per heavy atom. The number of allylic oxidation sites excluding steroid dienone is 2. The molecule has 15 N–H and O–H groups in total. The first-order valence-electron chi connectivity index (χ1n) is 8.78. The highest BCUT2D eigenvalue weighted by atomic mass is 32.3. The van der Waals surface area contributed by atoms with Crippen molar-refractivity contribution in [2.45, 2.75) is 19.6 Å². The number of benzene rings is 1. The molecular weight excluding hydrogens is 610 g/mol. The molecule has 0 atom stereocenters. The number of ether oxygens (including phenoxy) is 2. The molecule has 40 heavy (non-hydrogen) atoms. The largest absolute Gasteiger partial charge is 0.726 e. The van der Waals surface area contributed by atoms with Gasteiger partial charge in [0.1, 0.15) is 11.5 Å². The minimum Gasteiger partial charge on any atom is -0.726 e. The molecule has 1 aromatic carbocycles. The van der Waals surface area contributed by atoms with Gasteiger partial charge in [-0.25, -0.2) is 29.4 Å². The number of hydrogen-bond donors (Lipinski definition) is 6. The molecule has 0 bridgehead atoms. The van der Waals surface area contributed by atoms with Crippen LogP contribution in [0.4, 0.5) is 0 Å². The minimum atomic E-state index is -4.92. The Morgan fingerprint density at radius 3 is 1.32 bits per heavy atom. The van der Waals surface area contributed by atoms with E-state index in [1.54, 1.807) is 31.4 Å². The van der Waals surface area contributed by atoms with Gasteiger partial charge in [0.25, 0.3) is 0 Å². The summed E-state index contributed by atoms with van der Waals surface area (Å²) in [5.74, 6) is 4.24.